The Morgan fingerprint density at radius 1 is 1.00 bits per heavy atom. The number of carbonyl (C=O) groups excluding carboxylic acids is 1. The van der Waals surface area contributed by atoms with E-state index >= 15 is 0 Å². The maximum Gasteiger partial charge on any atom is 0.262 e. The Labute approximate surface area is 201 Å². The number of ether oxygens (including phenoxy) is 3. The molecule has 0 aliphatic carbocycles. The van der Waals surface area contributed by atoms with Gasteiger partial charge in [-0.2, -0.15) is 0 Å². The van der Waals surface area contributed by atoms with E-state index in [1.165, 1.54) is 6.07 Å². The van der Waals surface area contributed by atoms with Crippen molar-refractivity contribution in [3.63, 3.8) is 0 Å². The summed E-state index contributed by atoms with van der Waals surface area (Å²) in [6, 6.07) is 16.7. The first-order valence-corrected chi connectivity index (χ1v) is 11.0. The van der Waals surface area contributed by atoms with Crippen LogP contribution in [0.3, 0.4) is 0 Å². The van der Waals surface area contributed by atoms with Crippen LogP contribution in [-0.2, 0) is 4.79 Å². The van der Waals surface area contributed by atoms with Crippen molar-refractivity contribution in [3.05, 3.63) is 82.2 Å². The Bertz CT molecular complexity index is 1440. The van der Waals surface area contributed by atoms with Crippen LogP contribution >= 0.6 is 0 Å². The first-order chi connectivity index (χ1) is 16.9. The summed E-state index contributed by atoms with van der Waals surface area (Å²) in [5.41, 5.74) is 1.15. The minimum absolute atomic E-state index is 0.0335. The number of fused-ring (bicyclic) bond motifs is 1. The molecule has 0 aliphatic heterocycles. The average molecular weight is 475 g/mol. The summed E-state index contributed by atoms with van der Waals surface area (Å²) in [6.07, 6.45) is 0. The summed E-state index contributed by atoms with van der Waals surface area (Å²) in [6.45, 7) is 5.51. The molecule has 1 amide bonds. The average Bonchev–Trinajstić information content (AvgIpc) is 2.83. The lowest BCUT2D eigenvalue weighted by molar-refractivity contribution is -0.118. The number of para-hydroxylation sites is 2. The van der Waals surface area contributed by atoms with E-state index in [-0.39, 0.29) is 23.5 Å². The molecule has 0 radical (unpaired) electrons. The molecule has 4 aromatic rings. The number of carbonyl (C=O) groups is 1. The minimum atomic E-state index is -0.444. The lowest BCUT2D eigenvalue weighted by Crippen LogP contribution is -2.20. The van der Waals surface area contributed by atoms with E-state index < -0.39 is 5.91 Å². The van der Waals surface area contributed by atoms with Crippen molar-refractivity contribution in [2.75, 3.05) is 18.5 Å². The van der Waals surface area contributed by atoms with Gasteiger partial charge in [-0.25, -0.2) is 0 Å². The molecule has 1 heterocycles. The molecule has 4 rings (SSSR count). The zero-order chi connectivity index (χ0) is 24.9. The van der Waals surface area contributed by atoms with E-state index in [4.69, 9.17) is 18.6 Å². The molecule has 8 heteroatoms. The number of benzene rings is 3. The van der Waals surface area contributed by atoms with Gasteiger partial charge in [0, 0.05) is 6.07 Å². The third kappa shape index (κ3) is 5.38. The van der Waals surface area contributed by atoms with Crippen LogP contribution in [0.2, 0.25) is 0 Å². The molecule has 0 aliphatic rings. The highest BCUT2D eigenvalue weighted by atomic mass is 16.5. The van der Waals surface area contributed by atoms with Crippen molar-refractivity contribution in [1.82, 2.24) is 0 Å². The first-order valence-electron chi connectivity index (χ1n) is 11.0. The largest absolute Gasteiger partial charge is 0.506 e. The molecule has 0 saturated heterocycles. The highest BCUT2D eigenvalue weighted by molar-refractivity contribution is 5.93. The van der Waals surface area contributed by atoms with Crippen LogP contribution in [0.15, 0.2) is 69.9 Å². The topological polar surface area (TPSA) is 107 Å². The Hall–Kier alpha value is -4.46. The first kappa shape index (κ1) is 23.7. The fraction of sp³-hybridized carbons (Fsp3) is 0.185. The molecule has 2 N–H and O–H groups in total. The van der Waals surface area contributed by atoms with Crippen molar-refractivity contribution in [1.29, 1.82) is 0 Å². The fourth-order valence-electron chi connectivity index (χ4n) is 3.48. The number of phenols is 1. The van der Waals surface area contributed by atoms with Gasteiger partial charge >= 0.3 is 0 Å². The van der Waals surface area contributed by atoms with E-state index in [2.05, 4.69) is 5.32 Å². The second-order valence-electron chi connectivity index (χ2n) is 7.81. The number of anilines is 1. The lowest BCUT2D eigenvalue weighted by Gasteiger charge is -2.13. The summed E-state index contributed by atoms with van der Waals surface area (Å²) in [7, 11) is 0. The molecule has 180 valence electrons. The second-order valence-corrected chi connectivity index (χ2v) is 7.81. The second kappa shape index (κ2) is 10.2. The van der Waals surface area contributed by atoms with Crippen molar-refractivity contribution in [2.45, 2.75) is 20.8 Å². The number of aromatic hydroxyl groups is 1. The van der Waals surface area contributed by atoms with Gasteiger partial charge in [0.25, 0.3) is 5.91 Å². The Kier molecular flexibility index (Phi) is 6.91. The quantitative estimate of drug-likeness (QED) is 0.332. The highest BCUT2D eigenvalue weighted by Crippen LogP contribution is 2.33. The minimum Gasteiger partial charge on any atom is -0.506 e. The van der Waals surface area contributed by atoms with E-state index in [9.17, 15) is 14.7 Å². The molecule has 0 saturated carbocycles. The van der Waals surface area contributed by atoms with Crippen LogP contribution in [0.4, 0.5) is 5.69 Å². The smallest absolute Gasteiger partial charge is 0.262 e. The number of aryl methyl sites for hydroxylation is 2. The summed E-state index contributed by atoms with van der Waals surface area (Å²) in [5.74, 6) is 1.16. The third-order valence-corrected chi connectivity index (χ3v) is 5.14. The molecule has 8 nitrogen and oxygen atoms in total. The van der Waals surface area contributed by atoms with Crippen molar-refractivity contribution in [3.8, 4) is 28.7 Å². The van der Waals surface area contributed by atoms with Gasteiger partial charge in [-0.05, 0) is 62.7 Å². The molecule has 0 bridgehead atoms. The monoisotopic (exact) mass is 475 g/mol. The Morgan fingerprint density at radius 3 is 2.54 bits per heavy atom. The van der Waals surface area contributed by atoms with Crippen molar-refractivity contribution >= 4 is 22.6 Å². The van der Waals surface area contributed by atoms with Gasteiger partial charge in [-0.1, -0.05) is 18.2 Å². The standard InChI is InChI=1S/C27H25NO7/c1-4-32-22-7-5-6-8-23(22)35-27-17(3)34-24-14-18(10-11-19(24)26(27)31)33-15-25(30)28-20-13-16(2)9-12-21(20)29/h5-14,29H,4,15H2,1-3H3,(H,28,30). The Balaban J connectivity index is 1.51. The molecular formula is C27H25NO7. The van der Waals surface area contributed by atoms with E-state index in [0.29, 0.717) is 46.3 Å². The van der Waals surface area contributed by atoms with Crippen molar-refractivity contribution < 1.29 is 28.5 Å². The fourth-order valence-corrected chi connectivity index (χ4v) is 3.48. The molecule has 0 atom stereocenters. The molecule has 1 aromatic heterocycles. The molecule has 0 unspecified atom stereocenters. The SMILES string of the molecule is CCOc1ccccc1Oc1c(C)oc2cc(OCC(=O)Nc3cc(C)ccc3O)ccc2c1=O. The number of phenolic OH excluding ortho intramolecular Hbond substituents is 1. The summed E-state index contributed by atoms with van der Waals surface area (Å²) in [4.78, 5) is 25.4. The maximum absolute atomic E-state index is 13.1. The maximum atomic E-state index is 13.1. The van der Waals surface area contributed by atoms with Gasteiger partial charge in [0.2, 0.25) is 11.2 Å². The van der Waals surface area contributed by atoms with Crippen molar-refractivity contribution in [2.24, 2.45) is 0 Å². The van der Waals surface area contributed by atoms with E-state index in [1.54, 1.807) is 55.5 Å². The zero-order valence-corrected chi connectivity index (χ0v) is 19.6. The summed E-state index contributed by atoms with van der Waals surface area (Å²) < 4.78 is 22.8. The number of rotatable bonds is 8. The van der Waals surface area contributed by atoms with Gasteiger partial charge in [-0.15, -0.1) is 0 Å². The molecule has 3 aromatic carbocycles. The molecule has 35 heavy (non-hydrogen) atoms. The Morgan fingerprint density at radius 2 is 1.77 bits per heavy atom. The van der Waals surface area contributed by atoms with E-state index in [1.807, 2.05) is 19.9 Å². The highest BCUT2D eigenvalue weighted by Gasteiger charge is 2.17. The van der Waals surface area contributed by atoms with Gasteiger partial charge in [-0.3, -0.25) is 9.59 Å². The van der Waals surface area contributed by atoms with E-state index in [0.717, 1.165) is 5.56 Å². The van der Waals surface area contributed by atoms with Crippen LogP contribution in [0, 0.1) is 13.8 Å². The normalized spacial score (nSPS) is 10.7. The molecular weight excluding hydrogens is 450 g/mol. The van der Waals surface area contributed by atoms with Crippen LogP contribution in [0.25, 0.3) is 11.0 Å². The van der Waals surface area contributed by atoms with Crippen LogP contribution in [0.5, 0.6) is 28.7 Å². The van der Waals surface area contributed by atoms with Gasteiger partial charge < -0.3 is 29.1 Å². The lowest BCUT2D eigenvalue weighted by atomic mass is 10.2. The van der Waals surface area contributed by atoms with Gasteiger partial charge in [0.15, 0.2) is 18.1 Å². The van der Waals surface area contributed by atoms with Gasteiger partial charge in [0.05, 0.1) is 17.7 Å². The van der Waals surface area contributed by atoms with Crippen LogP contribution in [-0.4, -0.2) is 24.2 Å². The number of amides is 1. The third-order valence-electron chi connectivity index (χ3n) is 5.14. The molecule has 0 fully saturated rings. The van der Waals surface area contributed by atoms with Crippen LogP contribution < -0.4 is 25.0 Å². The number of nitrogens with one attached hydrogen (secondary N) is 1. The predicted octanol–water partition coefficient (Wildman–Crippen LogP) is 5.32. The number of hydrogen-bond donors (Lipinski definition) is 2. The predicted molar refractivity (Wildman–Crippen MR) is 132 cm³/mol. The van der Waals surface area contributed by atoms with Gasteiger partial charge in [0.1, 0.15) is 22.8 Å². The van der Waals surface area contributed by atoms with Crippen LogP contribution in [0.1, 0.15) is 18.2 Å². The summed E-state index contributed by atoms with van der Waals surface area (Å²) in [5, 5.41) is 12.8. The number of hydrogen-bond acceptors (Lipinski definition) is 7. The molecule has 0 spiro atoms. The summed E-state index contributed by atoms with van der Waals surface area (Å²) >= 11 is 0. The zero-order valence-electron chi connectivity index (χ0n) is 19.6.